The third kappa shape index (κ3) is 39.4. The summed E-state index contributed by atoms with van der Waals surface area (Å²) in [6.45, 7) is 2.27. The van der Waals surface area contributed by atoms with Gasteiger partial charge in [0.05, 0.1) is 37.0 Å². The summed E-state index contributed by atoms with van der Waals surface area (Å²) in [4.78, 5) is 49.2. The van der Waals surface area contributed by atoms with Crippen molar-refractivity contribution in [2.24, 2.45) is 0 Å². The summed E-state index contributed by atoms with van der Waals surface area (Å²) in [6, 6.07) is 0. The van der Waals surface area contributed by atoms with Gasteiger partial charge in [-0.1, -0.05) is 0 Å². The topological polar surface area (TPSA) is 410 Å². The molecule has 0 aromatic rings. The first kappa shape index (κ1) is 56.9. The van der Waals surface area contributed by atoms with E-state index in [0.717, 1.165) is 13.8 Å². The van der Waals surface area contributed by atoms with Crippen LogP contribution in [0.5, 0.6) is 0 Å². The molecule has 0 aliphatic heterocycles. The van der Waals surface area contributed by atoms with Crippen molar-refractivity contribution in [3.8, 4) is 0 Å². The normalized spacial score (nSPS) is 9.84. The first-order chi connectivity index (χ1) is 11.1. The van der Waals surface area contributed by atoms with E-state index in [1.807, 2.05) is 0 Å². The van der Waals surface area contributed by atoms with Crippen molar-refractivity contribution < 1.29 is 92.2 Å². The predicted octanol–water partition coefficient (Wildman–Crippen LogP) is -9.52. The molecular formula is C12H28CaO18. The van der Waals surface area contributed by atoms with Crippen LogP contribution in [0.4, 0.5) is 0 Å². The van der Waals surface area contributed by atoms with Gasteiger partial charge in [0.25, 0.3) is 0 Å². The van der Waals surface area contributed by atoms with Crippen LogP contribution in [0.15, 0.2) is 0 Å². The van der Waals surface area contributed by atoms with Gasteiger partial charge >= 0.3 is 55.6 Å². The smallest absolute Gasteiger partial charge is 0.547 e. The Balaban J connectivity index is -0.0000000335. The van der Waals surface area contributed by atoms with Crippen molar-refractivity contribution >= 4 is 67.6 Å². The zero-order chi connectivity index (χ0) is 21.0. The van der Waals surface area contributed by atoms with Crippen LogP contribution in [0, 0.1) is 0 Å². The maximum atomic E-state index is 10.3. The molecule has 0 radical (unpaired) electrons. The fourth-order valence-electron chi connectivity index (χ4n) is 0.714. The summed E-state index contributed by atoms with van der Waals surface area (Å²) < 4.78 is 0. The third-order valence-electron chi connectivity index (χ3n) is 1.97. The number of carboxylic acids is 5. The minimum absolute atomic E-state index is 0. The summed E-state index contributed by atoms with van der Waals surface area (Å²) in [5.74, 6) is -7.89. The molecule has 0 rings (SSSR count). The van der Waals surface area contributed by atoms with Gasteiger partial charge in [0.2, 0.25) is 0 Å². The number of aliphatic hydroxyl groups excluding tert-OH is 2. The van der Waals surface area contributed by atoms with Gasteiger partial charge in [-0.15, -0.1) is 0 Å². The molecule has 31 heavy (non-hydrogen) atoms. The van der Waals surface area contributed by atoms with E-state index in [-0.39, 0.29) is 65.1 Å². The van der Waals surface area contributed by atoms with Crippen molar-refractivity contribution in [2.75, 3.05) is 0 Å². The van der Waals surface area contributed by atoms with Crippen LogP contribution in [0.25, 0.3) is 0 Å². The van der Waals surface area contributed by atoms with Crippen LogP contribution in [0.3, 0.4) is 0 Å². The molecule has 0 amide bonds. The fraction of sp³-hybridized carbons (Fsp3) is 0.583. The molecule has 0 aliphatic carbocycles. The minimum Gasteiger partial charge on any atom is -0.547 e. The summed E-state index contributed by atoms with van der Waals surface area (Å²) in [7, 11) is 0. The van der Waals surface area contributed by atoms with E-state index < -0.39 is 60.5 Å². The van der Waals surface area contributed by atoms with Gasteiger partial charge in [-0.3, -0.25) is 9.59 Å². The molecule has 2 atom stereocenters. The number of rotatable bonds is 7. The first-order valence-corrected chi connectivity index (χ1v) is 6.24. The van der Waals surface area contributed by atoms with Gasteiger partial charge in [-0.2, -0.15) is 0 Å². The Morgan fingerprint density at radius 2 is 0.871 bits per heavy atom. The van der Waals surface area contributed by atoms with E-state index in [1.54, 1.807) is 0 Å². The second kappa shape index (κ2) is 28.3. The Hall–Kier alpha value is -1.71. The van der Waals surface area contributed by atoms with E-state index in [9.17, 15) is 34.2 Å². The number of carbonyl (C=O) groups excluding carboxylic acids is 2. The molecule has 0 aromatic carbocycles. The van der Waals surface area contributed by atoms with Crippen molar-refractivity contribution in [3.63, 3.8) is 0 Å². The van der Waals surface area contributed by atoms with Crippen LogP contribution < -0.4 is 10.2 Å². The Labute approximate surface area is 203 Å². The molecule has 0 aliphatic rings. The Morgan fingerprint density at radius 3 is 0.935 bits per heavy atom. The largest absolute Gasteiger partial charge is 2.00 e. The SMILES string of the molecule is CC(O)C(=O)[O-].CC(O)C(=O)[O-].O.O.O.O.O.O=C(O)CC(O)(CC(=O)O)C(=O)O.[Ca+2]. The zero-order valence-corrected chi connectivity index (χ0v) is 18.5. The molecule has 0 heterocycles. The molecule has 0 aromatic heterocycles. The zero-order valence-electron chi connectivity index (χ0n) is 16.3. The van der Waals surface area contributed by atoms with Crippen molar-refractivity contribution in [1.29, 1.82) is 0 Å². The summed E-state index contributed by atoms with van der Waals surface area (Å²) in [5, 5.41) is 68.4. The molecular weight excluding hydrogens is 472 g/mol. The van der Waals surface area contributed by atoms with Crippen LogP contribution >= 0.6 is 0 Å². The molecule has 16 N–H and O–H groups in total. The van der Waals surface area contributed by atoms with Crippen LogP contribution in [0.1, 0.15) is 26.7 Å². The summed E-state index contributed by atoms with van der Waals surface area (Å²) >= 11 is 0. The van der Waals surface area contributed by atoms with Gasteiger partial charge in [0, 0.05) is 0 Å². The summed E-state index contributed by atoms with van der Waals surface area (Å²) in [6.07, 6.45) is -4.97. The summed E-state index contributed by atoms with van der Waals surface area (Å²) in [5.41, 5.74) is -2.74. The Kier molecular flexibility index (Phi) is 52.0. The molecule has 2 unspecified atom stereocenters. The maximum Gasteiger partial charge on any atom is 2.00 e. The maximum absolute atomic E-state index is 10.3. The second-order valence-corrected chi connectivity index (χ2v) is 4.47. The van der Waals surface area contributed by atoms with E-state index in [4.69, 9.17) is 30.6 Å². The van der Waals surface area contributed by atoms with E-state index in [1.165, 1.54) is 0 Å². The van der Waals surface area contributed by atoms with Crippen LogP contribution in [-0.2, 0) is 24.0 Å². The first-order valence-electron chi connectivity index (χ1n) is 6.24. The predicted molar refractivity (Wildman–Crippen MR) is 94.3 cm³/mol. The molecule has 0 spiro atoms. The van der Waals surface area contributed by atoms with E-state index in [2.05, 4.69) is 0 Å². The van der Waals surface area contributed by atoms with Gasteiger partial charge in [-0.25, -0.2) is 4.79 Å². The van der Waals surface area contributed by atoms with Gasteiger partial charge < -0.3 is 77.8 Å². The van der Waals surface area contributed by atoms with Gasteiger partial charge in [0.15, 0.2) is 5.60 Å². The number of hydrogen-bond donors (Lipinski definition) is 6. The minimum atomic E-state index is -2.74. The Bertz CT molecular complexity index is 456. The fourth-order valence-corrected chi connectivity index (χ4v) is 0.714. The Morgan fingerprint density at radius 1 is 0.710 bits per heavy atom. The molecule has 186 valence electrons. The van der Waals surface area contributed by atoms with Crippen molar-refractivity contribution in [3.05, 3.63) is 0 Å². The van der Waals surface area contributed by atoms with Crippen LogP contribution in [0.2, 0.25) is 0 Å². The molecule has 0 fully saturated rings. The number of hydrogen-bond acceptors (Lipinski definition) is 10. The van der Waals surface area contributed by atoms with Crippen LogP contribution in [-0.4, -0.2) is 143 Å². The number of aliphatic carboxylic acids is 5. The molecule has 0 saturated carbocycles. The quantitative estimate of drug-likeness (QED) is 0.177. The number of carboxylic acid groups (broad SMARTS) is 5. The number of carbonyl (C=O) groups is 5. The molecule has 19 heteroatoms. The van der Waals surface area contributed by atoms with Gasteiger partial charge in [0.1, 0.15) is 0 Å². The van der Waals surface area contributed by atoms with Crippen molar-refractivity contribution in [2.45, 2.75) is 44.5 Å². The average molecular weight is 500 g/mol. The average Bonchev–Trinajstić information content (AvgIpc) is 2.37. The van der Waals surface area contributed by atoms with E-state index in [0.29, 0.717) is 0 Å². The number of aliphatic hydroxyl groups is 3. The molecule has 0 bridgehead atoms. The third-order valence-corrected chi connectivity index (χ3v) is 1.97. The van der Waals surface area contributed by atoms with Crippen molar-refractivity contribution in [1.82, 2.24) is 0 Å². The van der Waals surface area contributed by atoms with Gasteiger partial charge in [-0.05, 0) is 13.8 Å². The standard InChI is InChI=1S/C6H8O7.2C3H6O3.Ca.5H2O/c7-3(8)1-6(13,5(11)12)2-4(9)10;2*1-2(4)3(5)6;;;;;;/h13H,1-2H2,(H,7,8)(H,9,10)(H,11,12);2*2,4H,1H3,(H,5,6);;5*1H2/q;;;+2;;;;;/p-2. The monoisotopic (exact) mass is 500 g/mol. The van der Waals surface area contributed by atoms with E-state index >= 15 is 0 Å². The second-order valence-electron chi connectivity index (χ2n) is 4.47. The molecule has 0 saturated heterocycles. The molecule has 18 nitrogen and oxygen atoms in total.